The van der Waals surface area contributed by atoms with E-state index in [4.69, 9.17) is 4.98 Å². The normalized spacial score (nSPS) is 18.8. The Morgan fingerprint density at radius 1 is 1.19 bits per heavy atom. The van der Waals surface area contributed by atoms with Gasteiger partial charge >= 0.3 is 0 Å². The van der Waals surface area contributed by atoms with E-state index in [1.807, 2.05) is 30.3 Å². The maximum atomic E-state index is 12.9. The first-order valence-corrected chi connectivity index (χ1v) is 8.99. The Kier molecular flexibility index (Phi) is 3.58. The quantitative estimate of drug-likeness (QED) is 0.587. The molecule has 2 aliphatic heterocycles. The lowest BCUT2D eigenvalue weighted by molar-refractivity contribution is 0.223. The average molecular weight is 342 g/mol. The summed E-state index contributed by atoms with van der Waals surface area (Å²) in [6, 6.07) is 9.91. The van der Waals surface area contributed by atoms with E-state index in [2.05, 4.69) is 21.7 Å². The Bertz CT molecular complexity index is 1110. The van der Waals surface area contributed by atoms with Crippen LogP contribution in [0.4, 0.5) is 0 Å². The molecule has 0 radical (unpaired) electrons. The van der Waals surface area contributed by atoms with Gasteiger partial charge in [-0.05, 0) is 56.0 Å². The van der Waals surface area contributed by atoms with Gasteiger partial charge in [0.05, 0.1) is 5.69 Å². The van der Waals surface area contributed by atoms with Crippen LogP contribution >= 0.6 is 0 Å². The minimum absolute atomic E-state index is 0.0702. The summed E-state index contributed by atoms with van der Waals surface area (Å²) in [5.74, 6) is 6.16. The van der Waals surface area contributed by atoms with Gasteiger partial charge in [-0.15, -0.1) is 0 Å². The lowest BCUT2D eigenvalue weighted by Crippen LogP contribution is -2.39. The molecule has 0 saturated carbocycles. The zero-order valence-corrected chi connectivity index (χ0v) is 14.4. The van der Waals surface area contributed by atoms with E-state index >= 15 is 0 Å². The van der Waals surface area contributed by atoms with Gasteiger partial charge in [0.25, 0.3) is 5.56 Å². The lowest BCUT2D eigenvalue weighted by atomic mass is 9.99. The molecular formula is C21H18N4O. The van der Waals surface area contributed by atoms with E-state index in [9.17, 15) is 4.79 Å². The summed E-state index contributed by atoms with van der Waals surface area (Å²) in [6.45, 7) is 1.90. The second kappa shape index (κ2) is 6.08. The third-order valence-corrected chi connectivity index (χ3v) is 5.30. The van der Waals surface area contributed by atoms with Crippen molar-refractivity contribution in [2.24, 2.45) is 0 Å². The topological polar surface area (TPSA) is 50.5 Å². The predicted molar refractivity (Wildman–Crippen MR) is 98.8 cm³/mol. The minimum atomic E-state index is 0.0702. The van der Waals surface area contributed by atoms with Crippen LogP contribution in [-0.4, -0.2) is 31.9 Å². The summed E-state index contributed by atoms with van der Waals surface area (Å²) in [6.07, 6.45) is 6.74. The van der Waals surface area contributed by atoms with Crippen LogP contribution in [-0.2, 0) is 13.0 Å². The fourth-order valence-corrected chi connectivity index (χ4v) is 3.97. The second-order valence-corrected chi connectivity index (χ2v) is 6.92. The highest BCUT2D eigenvalue weighted by molar-refractivity contribution is 5.50. The molecule has 1 unspecified atom stereocenters. The maximum absolute atomic E-state index is 12.9. The van der Waals surface area contributed by atoms with Gasteiger partial charge < -0.3 is 0 Å². The first kappa shape index (κ1) is 15.3. The minimum Gasteiger partial charge on any atom is -0.294 e. The Labute approximate surface area is 151 Å². The zero-order chi connectivity index (χ0) is 17.5. The Balaban J connectivity index is 1.56. The summed E-state index contributed by atoms with van der Waals surface area (Å²) < 4.78 is 1.65. The largest absolute Gasteiger partial charge is 0.294 e. The lowest BCUT2D eigenvalue weighted by Gasteiger charge is -2.30. The summed E-state index contributed by atoms with van der Waals surface area (Å²) in [5.41, 5.74) is 4.11. The molecule has 2 aliphatic rings. The van der Waals surface area contributed by atoms with Gasteiger partial charge in [-0.3, -0.25) is 14.1 Å². The first-order chi connectivity index (χ1) is 12.8. The van der Waals surface area contributed by atoms with Crippen molar-refractivity contribution < 1.29 is 0 Å². The molecule has 0 aliphatic carbocycles. The van der Waals surface area contributed by atoms with Crippen molar-refractivity contribution in [1.82, 2.24) is 19.3 Å². The summed E-state index contributed by atoms with van der Waals surface area (Å²) in [5, 5.41) is 0. The molecule has 0 spiro atoms. The number of nitrogens with zero attached hydrogens (tertiary/aromatic N) is 4. The number of aromatic nitrogens is 3. The van der Waals surface area contributed by atoms with Crippen LogP contribution < -0.4 is 5.56 Å². The van der Waals surface area contributed by atoms with Crippen molar-refractivity contribution in [3.05, 3.63) is 75.6 Å². The molecule has 0 bridgehead atoms. The molecule has 1 atom stereocenters. The molecule has 0 amide bonds. The number of pyridine rings is 2. The number of hydrogen-bond acceptors (Lipinski definition) is 4. The van der Waals surface area contributed by atoms with Gasteiger partial charge in [0.1, 0.15) is 11.3 Å². The molecular weight excluding hydrogens is 324 g/mol. The SMILES string of the molecule is O=c1c2c(nc3cc(C#Cc4ccccn4)ccn13)CN1CCCC1C2. The molecule has 3 aromatic heterocycles. The number of hydrogen-bond donors (Lipinski definition) is 0. The van der Waals surface area contributed by atoms with Crippen molar-refractivity contribution in [1.29, 1.82) is 0 Å². The fourth-order valence-electron chi connectivity index (χ4n) is 3.97. The van der Waals surface area contributed by atoms with Crippen molar-refractivity contribution in [2.75, 3.05) is 6.54 Å². The van der Waals surface area contributed by atoms with Crippen LogP contribution in [0.3, 0.4) is 0 Å². The van der Waals surface area contributed by atoms with Gasteiger partial charge in [0.2, 0.25) is 0 Å². The van der Waals surface area contributed by atoms with Crippen molar-refractivity contribution in [3.63, 3.8) is 0 Å². The molecule has 128 valence electrons. The molecule has 5 nitrogen and oxygen atoms in total. The van der Waals surface area contributed by atoms with Gasteiger partial charge in [-0.2, -0.15) is 0 Å². The molecule has 5 heterocycles. The number of rotatable bonds is 0. The van der Waals surface area contributed by atoms with Gasteiger partial charge in [0, 0.05) is 36.1 Å². The standard InChI is InChI=1S/C21H18N4O/c26-21-18-13-17-5-3-10-24(17)14-19(18)23-20-12-15(8-11-25(20)21)6-7-16-4-1-2-9-22-16/h1-2,4,8-9,11-12,17H,3,5,10,13-14H2. The summed E-state index contributed by atoms with van der Waals surface area (Å²) >= 11 is 0. The van der Waals surface area contributed by atoms with E-state index in [-0.39, 0.29) is 5.56 Å². The van der Waals surface area contributed by atoms with E-state index in [1.165, 1.54) is 12.8 Å². The molecule has 3 aromatic rings. The van der Waals surface area contributed by atoms with Gasteiger partial charge in [-0.25, -0.2) is 9.97 Å². The van der Waals surface area contributed by atoms with Crippen molar-refractivity contribution in [2.45, 2.75) is 31.8 Å². The summed E-state index contributed by atoms with van der Waals surface area (Å²) in [4.78, 5) is 24.4. The van der Waals surface area contributed by atoms with Crippen LogP contribution in [0.1, 0.15) is 35.4 Å². The van der Waals surface area contributed by atoms with E-state index in [1.54, 1.807) is 16.8 Å². The van der Waals surface area contributed by atoms with E-state index in [0.717, 1.165) is 42.0 Å². The third-order valence-electron chi connectivity index (χ3n) is 5.30. The molecule has 5 heteroatoms. The molecule has 0 aromatic carbocycles. The van der Waals surface area contributed by atoms with Crippen LogP contribution in [0.5, 0.6) is 0 Å². The highest BCUT2D eigenvalue weighted by Crippen LogP contribution is 2.27. The van der Waals surface area contributed by atoms with Crippen LogP contribution in [0, 0.1) is 11.8 Å². The number of fused-ring (bicyclic) bond motifs is 3. The van der Waals surface area contributed by atoms with Crippen molar-refractivity contribution >= 4 is 5.65 Å². The predicted octanol–water partition coefficient (Wildman–Crippen LogP) is 2.01. The molecule has 0 N–H and O–H groups in total. The average Bonchev–Trinajstić information content (AvgIpc) is 3.13. The molecule has 1 fully saturated rings. The Morgan fingerprint density at radius 2 is 2.15 bits per heavy atom. The zero-order valence-electron chi connectivity index (χ0n) is 14.4. The van der Waals surface area contributed by atoms with Gasteiger partial charge in [0.15, 0.2) is 0 Å². The Hall–Kier alpha value is -2.97. The second-order valence-electron chi connectivity index (χ2n) is 6.92. The van der Waals surface area contributed by atoms with Crippen LogP contribution in [0.25, 0.3) is 5.65 Å². The van der Waals surface area contributed by atoms with Gasteiger partial charge in [-0.1, -0.05) is 12.0 Å². The monoisotopic (exact) mass is 342 g/mol. The van der Waals surface area contributed by atoms with Crippen LogP contribution in [0.15, 0.2) is 47.5 Å². The molecule has 26 heavy (non-hydrogen) atoms. The highest BCUT2D eigenvalue weighted by atomic mass is 16.1. The van der Waals surface area contributed by atoms with E-state index < -0.39 is 0 Å². The van der Waals surface area contributed by atoms with E-state index in [0.29, 0.717) is 11.7 Å². The molecule has 1 saturated heterocycles. The summed E-state index contributed by atoms with van der Waals surface area (Å²) in [7, 11) is 0. The first-order valence-electron chi connectivity index (χ1n) is 8.99. The van der Waals surface area contributed by atoms with Crippen LogP contribution in [0.2, 0.25) is 0 Å². The highest BCUT2D eigenvalue weighted by Gasteiger charge is 2.32. The Morgan fingerprint density at radius 3 is 3.04 bits per heavy atom. The third kappa shape index (κ3) is 2.59. The fraction of sp³-hybridized carbons (Fsp3) is 0.286. The smallest absolute Gasteiger partial charge is 0.261 e. The maximum Gasteiger partial charge on any atom is 0.261 e. The van der Waals surface area contributed by atoms with Crippen molar-refractivity contribution in [3.8, 4) is 11.8 Å². The molecule has 5 rings (SSSR count).